The highest BCUT2D eigenvalue weighted by molar-refractivity contribution is 7.80. The Balaban J connectivity index is 2.37. The Kier molecular flexibility index (Phi) is 6.01. The van der Waals surface area contributed by atoms with Crippen LogP contribution in [0.3, 0.4) is 0 Å². The van der Waals surface area contributed by atoms with Gasteiger partial charge in [0, 0.05) is 13.1 Å². The van der Waals surface area contributed by atoms with Crippen molar-refractivity contribution in [1.82, 2.24) is 15.5 Å². The van der Waals surface area contributed by atoms with Crippen LogP contribution in [0.4, 0.5) is 4.39 Å². The Bertz CT molecular complexity index is 378. The average Bonchev–Trinajstić information content (AvgIpc) is 2.29. The summed E-state index contributed by atoms with van der Waals surface area (Å²) in [5.41, 5.74) is 1.01. The Morgan fingerprint density at radius 2 is 1.94 bits per heavy atom. The summed E-state index contributed by atoms with van der Waals surface area (Å²) in [6.45, 7) is 3.72. The van der Waals surface area contributed by atoms with Crippen LogP contribution in [0.1, 0.15) is 18.5 Å². The molecular formula is C13H20FN3S. The van der Waals surface area contributed by atoms with E-state index in [0.29, 0.717) is 5.11 Å². The minimum atomic E-state index is -0.224. The van der Waals surface area contributed by atoms with Crippen molar-refractivity contribution < 1.29 is 4.39 Å². The third-order valence-corrected chi connectivity index (χ3v) is 2.82. The normalized spacial score (nSPS) is 12.3. The van der Waals surface area contributed by atoms with Crippen LogP contribution in [0, 0.1) is 5.82 Å². The monoisotopic (exact) mass is 269 g/mol. The third-order valence-electron chi connectivity index (χ3n) is 2.56. The minimum absolute atomic E-state index is 0.0601. The zero-order valence-corrected chi connectivity index (χ0v) is 11.9. The van der Waals surface area contributed by atoms with Crippen LogP contribution < -0.4 is 10.6 Å². The quantitative estimate of drug-likeness (QED) is 0.799. The van der Waals surface area contributed by atoms with E-state index in [1.165, 1.54) is 12.1 Å². The Morgan fingerprint density at radius 3 is 2.50 bits per heavy atom. The van der Waals surface area contributed by atoms with Crippen LogP contribution in [0.2, 0.25) is 0 Å². The minimum Gasteiger partial charge on any atom is -0.361 e. The summed E-state index contributed by atoms with van der Waals surface area (Å²) in [5, 5.41) is 6.92. The molecular weight excluding hydrogens is 249 g/mol. The van der Waals surface area contributed by atoms with E-state index in [2.05, 4.69) is 15.5 Å². The second-order valence-corrected chi connectivity index (χ2v) is 4.89. The van der Waals surface area contributed by atoms with E-state index >= 15 is 0 Å². The molecule has 0 bridgehead atoms. The molecule has 0 aliphatic rings. The molecule has 18 heavy (non-hydrogen) atoms. The number of likely N-dealkylation sites (N-methyl/N-ethyl adjacent to an activating group) is 1. The lowest BCUT2D eigenvalue weighted by Crippen LogP contribution is -2.39. The van der Waals surface area contributed by atoms with Crippen molar-refractivity contribution in [2.24, 2.45) is 0 Å². The second kappa shape index (κ2) is 7.28. The third kappa shape index (κ3) is 5.42. The smallest absolute Gasteiger partial charge is 0.166 e. The largest absolute Gasteiger partial charge is 0.361 e. The van der Waals surface area contributed by atoms with Gasteiger partial charge in [-0.3, -0.25) is 0 Å². The molecule has 0 fully saturated rings. The van der Waals surface area contributed by atoms with Crippen molar-refractivity contribution in [1.29, 1.82) is 0 Å². The SMILES string of the molecule is C[C@@H](NC(=S)NCCN(C)C)c1ccc(F)cc1. The van der Waals surface area contributed by atoms with Crippen molar-refractivity contribution in [3.05, 3.63) is 35.6 Å². The molecule has 0 saturated carbocycles. The van der Waals surface area contributed by atoms with Crippen LogP contribution in [0.5, 0.6) is 0 Å². The number of nitrogens with zero attached hydrogens (tertiary/aromatic N) is 1. The van der Waals surface area contributed by atoms with Crippen LogP contribution in [-0.2, 0) is 0 Å². The molecule has 0 aromatic heterocycles. The van der Waals surface area contributed by atoms with E-state index in [1.807, 2.05) is 21.0 Å². The highest BCUT2D eigenvalue weighted by Crippen LogP contribution is 2.12. The van der Waals surface area contributed by atoms with E-state index in [9.17, 15) is 4.39 Å². The molecule has 1 aromatic carbocycles. The van der Waals surface area contributed by atoms with Gasteiger partial charge in [0.15, 0.2) is 5.11 Å². The first-order valence-corrected chi connectivity index (χ1v) is 6.34. The molecule has 0 aliphatic heterocycles. The average molecular weight is 269 g/mol. The lowest BCUT2D eigenvalue weighted by atomic mass is 10.1. The molecule has 0 heterocycles. The highest BCUT2D eigenvalue weighted by atomic mass is 32.1. The van der Waals surface area contributed by atoms with Crippen molar-refractivity contribution in [2.45, 2.75) is 13.0 Å². The lowest BCUT2D eigenvalue weighted by molar-refractivity contribution is 0.412. The van der Waals surface area contributed by atoms with Crippen molar-refractivity contribution >= 4 is 17.3 Å². The molecule has 5 heteroatoms. The maximum Gasteiger partial charge on any atom is 0.166 e. The van der Waals surface area contributed by atoms with Crippen molar-refractivity contribution in [3.8, 4) is 0 Å². The number of thiocarbonyl (C=S) groups is 1. The zero-order chi connectivity index (χ0) is 13.5. The van der Waals surface area contributed by atoms with Gasteiger partial charge in [-0.15, -0.1) is 0 Å². The van der Waals surface area contributed by atoms with E-state index in [4.69, 9.17) is 12.2 Å². The molecule has 0 amide bonds. The van der Waals surface area contributed by atoms with E-state index < -0.39 is 0 Å². The first-order valence-electron chi connectivity index (χ1n) is 5.93. The molecule has 2 N–H and O–H groups in total. The van der Waals surface area contributed by atoms with Crippen LogP contribution in [0.15, 0.2) is 24.3 Å². The van der Waals surface area contributed by atoms with Crippen LogP contribution in [-0.4, -0.2) is 37.2 Å². The molecule has 0 saturated heterocycles. The van der Waals surface area contributed by atoms with Gasteiger partial charge in [0.05, 0.1) is 6.04 Å². The molecule has 1 rings (SSSR count). The highest BCUT2D eigenvalue weighted by Gasteiger charge is 2.06. The fourth-order valence-corrected chi connectivity index (χ4v) is 1.75. The summed E-state index contributed by atoms with van der Waals surface area (Å²) < 4.78 is 12.8. The number of halogens is 1. The predicted octanol–water partition coefficient (Wildman–Crippen LogP) is 1.91. The zero-order valence-electron chi connectivity index (χ0n) is 11.0. The standard InChI is InChI=1S/C13H20FN3S/c1-10(11-4-6-12(14)7-5-11)16-13(18)15-8-9-17(2)3/h4-7,10H,8-9H2,1-3H3,(H2,15,16,18)/t10-/m1/s1. The molecule has 0 unspecified atom stereocenters. The first-order chi connectivity index (χ1) is 8.49. The Morgan fingerprint density at radius 1 is 1.33 bits per heavy atom. The summed E-state index contributed by atoms with van der Waals surface area (Å²) in [7, 11) is 4.03. The molecule has 0 radical (unpaired) electrons. The number of hydrogen-bond acceptors (Lipinski definition) is 2. The fourth-order valence-electron chi connectivity index (χ4n) is 1.48. The summed E-state index contributed by atoms with van der Waals surface area (Å²) in [6, 6.07) is 6.49. The fraction of sp³-hybridized carbons (Fsp3) is 0.462. The van der Waals surface area contributed by atoms with Gasteiger partial charge in [0.2, 0.25) is 0 Å². The Labute approximate surface area is 113 Å². The van der Waals surface area contributed by atoms with Gasteiger partial charge in [-0.1, -0.05) is 12.1 Å². The summed E-state index contributed by atoms with van der Waals surface area (Å²) in [5.74, 6) is -0.224. The van der Waals surface area contributed by atoms with E-state index in [0.717, 1.165) is 18.7 Å². The van der Waals surface area contributed by atoms with Gasteiger partial charge in [0.1, 0.15) is 5.82 Å². The van der Waals surface area contributed by atoms with Crippen LogP contribution >= 0.6 is 12.2 Å². The molecule has 0 aliphatic carbocycles. The lowest BCUT2D eigenvalue weighted by Gasteiger charge is -2.18. The van der Waals surface area contributed by atoms with Crippen LogP contribution in [0.25, 0.3) is 0 Å². The molecule has 1 aromatic rings. The number of hydrogen-bond donors (Lipinski definition) is 2. The maximum absolute atomic E-state index is 12.8. The topological polar surface area (TPSA) is 27.3 Å². The molecule has 3 nitrogen and oxygen atoms in total. The summed E-state index contributed by atoms with van der Waals surface area (Å²) >= 11 is 5.19. The van der Waals surface area contributed by atoms with Gasteiger partial charge < -0.3 is 15.5 Å². The molecule has 100 valence electrons. The summed E-state index contributed by atoms with van der Waals surface area (Å²) in [6.07, 6.45) is 0. The maximum atomic E-state index is 12.8. The van der Waals surface area contributed by atoms with Crippen molar-refractivity contribution in [3.63, 3.8) is 0 Å². The van der Waals surface area contributed by atoms with Gasteiger partial charge in [-0.05, 0) is 50.9 Å². The predicted molar refractivity (Wildman–Crippen MR) is 77.1 cm³/mol. The second-order valence-electron chi connectivity index (χ2n) is 4.48. The summed E-state index contributed by atoms with van der Waals surface area (Å²) in [4.78, 5) is 2.08. The van der Waals surface area contributed by atoms with Gasteiger partial charge in [-0.2, -0.15) is 0 Å². The molecule has 0 spiro atoms. The number of rotatable bonds is 5. The first kappa shape index (κ1) is 14.9. The van der Waals surface area contributed by atoms with Gasteiger partial charge >= 0.3 is 0 Å². The van der Waals surface area contributed by atoms with E-state index in [-0.39, 0.29) is 11.9 Å². The van der Waals surface area contributed by atoms with E-state index in [1.54, 1.807) is 12.1 Å². The van der Waals surface area contributed by atoms with Gasteiger partial charge in [0.25, 0.3) is 0 Å². The number of nitrogens with one attached hydrogen (secondary N) is 2. The van der Waals surface area contributed by atoms with Gasteiger partial charge in [-0.25, -0.2) is 4.39 Å². The van der Waals surface area contributed by atoms with Crippen molar-refractivity contribution in [2.75, 3.05) is 27.2 Å². The Hall–Kier alpha value is -1.20. The number of benzene rings is 1. The molecule has 1 atom stereocenters.